The molecular formula is C33H43N7O6. The Hall–Kier alpha value is -4.94. The van der Waals surface area contributed by atoms with Crippen LogP contribution >= 0.6 is 0 Å². The molecule has 0 bridgehead atoms. The van der Waals surface area contributed by atoms with Crippen molar-refractivity contribution in [3.8, 4) is 0 Å². The van der Waals surface area contributed by atoms with Crippen LogP contribution in [0.1, 0.15) is 56.1 Å². The molecule has 2 heterocycles. The minimum absolute atomic E-state index is 0.0968. The number of nitrogens with one attached hydrogen (secondary N) is 3. The highest BCUT2D eigenvalue weighted by Gasteiger charge is 2.46. The molecule has 2 saturated heterocycles. The lowest BCUT2D eigenvalue weighted by atomic mass is 9.97. The Morgan fingerprint density at radius 1 is 0.913 bits per heavy atom. The van der Waals surface area contributed by atoms with Crippen molar-refractivity contribution in [1.29, 1.82) is 0 Å². The fraction of sp³-hybridized carbons (Fsp3) is 0.455. The maximum Gasteiger partial charge on any atom is 0.305 e. The van der Waals surface area contributed by atoms with Crippen molar-refractivity contribution in [2.24, 2.45) is 16.5 Å². The smallest absolute Gasteiger partial charge is 0.305 e. The number of guanidine groups is 1. The molecule has 8 N–H and O–H groups in total. The largest absolute Gasteiger partial charge is 0.481 e. The summed E-state index contributed by atoms with van der Waals surface area (Å²) in [6, 6.07) is 15.0. The molecule has 2 aromatic carbocycles. The van der Waals surface area contributed by atoms with E-state index in [-0.39, 0.29) is 56.0 Å². The molecule has 46 heavy (non-hydrogen) atoms. The van der Waals surface area contributed by atoms with Gasteiger partial charge in [-0.15, -0.1) is 0 Å². The van der Waals surface area contributed by atoms with Crippen LogP contribution in [-0.4, -0.2) is 82.3 Å². The van der Waals surface area contributed by atoms with Gasteiger partial charge < -0.3 is 37.4 Å². The zero-order valence-corrected chi connectivity index (χ0v) is 25.8. The maximum absolute atomic E-state index is 13.7. The standard InChI is InChI=1S/C33H43N7O6/c34-33(35)36-17-7-12-25(30(44)37-23(20-29(42)43)18-21-8-3-1-4-9-21)39-31(45)27-16-14-24-13-15-26(32(46)40(24)27)38-28(41)19-22-10-5-2-6-11-22/h1-6,8-11,23-27H,7,12-20H2,(H,37,44)(H,38,41)(H,39,45)(H,42,43)(H4,34,35,36)/t23-,24+,25-,26+,27+/m1/s1. The van der Waals surface area contributed by atoms with Crippen molar-refractivity contribution in [1.82, 2.24) is 20.9 Å². The lowest BCUT2D eigenvalue weighted by Gasteiger charge is -2.38. The number of amides is 4. The van der Waals surface area contributed by atoms with Gasteiger partial charge in [0.2, 0.25) is 23.6 Å². The van der Waals surface area contributed by atoms with E-state index >= 15 is 0 Å². The number of aliphatic carboxylic acids is 1. The number of nitrogens with zero attached hydrogens (tertiary/aromatic N) is 2. The molecule has 5 atom stereocenters. The van der Waals surface area contributed by atoms with Crippen molar-refractivity contribution in [2.45, 2.75) is 88.0 Å². The lowest BCUT2D eigenvalue weighted by molar-refractivity contribution is -0.146. The highest BCUT2D eigenvalue weighted by molar-refractivity contribution is 5.95. The van der Waals surface area contributed by atoms with Crippen molar-refractivity contribution in [3.63, 3.8) is 0 Å². The van der Waals surface area contributed by atoms with Gasteiger partial charge in [-0.25, -0.2) is 0 Å². The van der Waals surface area contributed by atoms with Gasteiger partial charge in [-0.05, 0) is 56.1 Å². The first-order valence-corrected chi connectivity index (χ1v) is 15.7. The first kappa shape index (κ1) is 33.9. The molecule has 2 aliphatic heterocycles. The molecule has 4 rings (SSSR count). The van der Waals surface area contributed by atoms with Crippen molar-refractivity contribution >= 4 is 35.6 Å². The van der Waals surface area contributed by atoms with Crippen LogP contribution in [0, 0.1) is 0 Å². The molecule has 0 aromatic heterocycles. The van der Waals surface area contributed by atoms with E-state index in [1.54, 1.807) is 4.90 Å². The zero-order valence-electron chi connectivity index (χ0n) is 25.8. The minimum Gasteiger partial charge on any atom is -0.481 e. The van der Waals surface area contributed by atoms with E-state index in [4.69, 9.17) is 11.5 Å². The number of piperidine rings is 1. The second-order valence-electron chi connectivity index (χ2n) is 11.9. The summed E-state index contributed by atoms with van der Waals surface area (Å²) < 4.78 is 0. The summed E-state index contributed by atoms with van der Waals surface area (Å²) in [4.78, 5) is 70.7. The van der Waals surface area contributed by atoms with Gasteiger partial charge in [0.1, 0.15) is 18.1 Å². The van der Waals surface area contributed by atoms with Gasteiger partial charge in [0, 0.05) is 18.6 Å². The number of aliphatic imine (C=N–C) groups is 1. The van der Waals surface area contributed by atoms with Crippen LogP contribution in [0.15, 0.2) is 65.7 Å². The van der Waals surface area contributed by atoms with E-state index in [0.717, 1.165) is 11.1 Å². The van der Waals surface area contributed by atoms with Gasteiger partial charge in [-0.1, -0.05) is 60.7 Å². The third-order valence-electron chi connectivity index (χ3n) is 8.36. The van der Waals surface area contributed by atoms with Gasteiger partial charge in [-0.2, -0.15) is 0 Å². The molecule has 13 heteroatoms. The number of hydrogen-bond acceptors (Lipinski definition) is 6. The first-order chi connectivity index (χ1) is 22.1. The third-order valence-corrected chi connectivity index (χ3v) is 8.36. The van der Waals surface area contributed by atoms with Gasteiger partial charge >= 0.3 is 5.97 Å². The molecule has 4 amide bonds. The maximum atomic E-state index is 13.7. The number of carbonyl (C=O) groups excluding carboxylic acids is 4. The van der Waals surface area contributed by atoms with Crippen LogP contribution in [0.4, 0.5) is 0 Å². The number of benzene rings is 2. The Morgan fingerprint density at radius 2 is 1.57 bits per heavy atom. The topological polar surface area (TPSA) is 209 Å². The van der Waals surface area contributed by atoms with E-state index in [2.05, 4.69) is 20.9 Å². The van der Waals surface area contributed by atoms with Gasteiger partial charge in [0.25, 0.3) is 0 Å². The molecular weight excluding hydrogens is 590 g/mol. The predicted octanol–water partition coefficient (Wildman–Crippen LogP) is 0.608. The van der Waals surface area contributed by atoms with Crippen LogP contribution in [0.2, 0.25) is 0 Å². The summed E-state index contributed by atoms with van der Waals surface area (Å²) >= 11 is 0. The number of fused-ring (bicyclic) bond motifs is 1. The average molecular weight is 634 g/mol. The molecule has 13 nitrogen and oxygen atoms in total. The number of carboxylic acid groups (broad SMARTS) is 1. The fourth-order valence-electron chi connectivity index (χ4n) is 6.21. The second-order valence-corrected chi connectivity index (χ2v) is 11.9. The van der Waals surface area contributed by atoms with Gasteiger partial charge in [0.05, 0.1) is 12.8 Å². The molecule has 2 fully saturated rings. The molecule has 2 aromatic rings. The Balaban J connectivity index is 1.43. The van der Waals surface area contributed by atoms with Crippen LogP contribution in [0.3, 0.4) is 0 Å². The summed E-state index contributed by atoms with van der Waals surface area (Å²) in [5.74, 6) is -2.76. The lowest BCUT2D eigenvalue weighted by Crippen LogP contribution is -2.60. The summed E-state index contributed by atoms with van der Waals surface area (Å²) in [5, 5.41) is 18.0. The quantitative estimate of drug-likeness (QED) is 0.0927. The first-order valence-electron chi connectivity index (χ1n) is 15.7. The number of carbonyl (C=O) groups is 5. The fourth-order valence-corrected chi connectivity index (χ4v) is 6.21. The van der Waals surface area contributed by atoms with Crippen molar-refractivity contribution in [2.75, 3.05) is 6.54 Å². The van der Waals surface area contributed by atoms with Crippen molar-refractivity contribution < 1.29 is 29.1 Å². The Labute approximate surface area is 268 Å². The van der Waals surface area contributed by atoms with Crippen LogP contribution < -0.4 is 27.4 Å². The summed E-state index contributed by atoms with van der Waals surface area (Å²) in [5.41, 5.74) is 12.6. The summed E-state index contributed by atoms with van der Waals surface area (Å²) in [6.45, 7) is 0.227. The Morgan fingerprint density at radius 3 is 2.22 bits per heavy atom. The van der Waals surface area contributed by atoms with E-state index in [1.807, 2.05) is 60.7 Å². The SMILES string of the molecule is NC(N)=NCCC[C@@H](NC(=O)[C@@H]1CC[C@@H]2CC[C@H](NC(=O)Cc3ccccc3)C(=O)N21)C(=O)N[C@@H](CC(=O)O)Cc1ccccc1. The zero-order chi connectivity index (χ0) is 33.1. The number of rotatable bonds is 15. The number of nitrogens with two attached hydrogens (primary N) is 2. The second kappa shape index (κ2) is 16.4. The van der Waals surface area contributed by atoms with E-state index in [1.165, 1.54) is 0 Å². The van der Waals surface area contributed by atoms with Crippen molar-refractivity contribution in [3.05, 3.63) is 71.8 Å². The van der Waals surface area contributed by atoms with Crippen LogP contribution in [0.25, 0.3) is 0 Å². The molecule has 0 radical (unpaired) electrons. The van der Waals surface area contributed by atoms with Gasteiger partial charge in [0.15, 0.2) is 5.96 Å². The molecule has 0 saturated carbocycles. The predicted molar refractivity (Wildman–Crippen MR) is 171 cm³/mol. The van der Waals surface area contributed by atoms with E-state index < -0.39 is 42.0 Å². The van der Waals surface area contributed by atoms with E-state index in [0.29, 0.717) is 32.1 Å². The molecule has 0 spiro atoms. The molecule has 246 valence electrons. The monoisotopic (exact) mass is 633 g/mol. The minimum atomic E-state index is -1.07. The molecule has 0 unspecified atom stereocenters. The summed E-state index contributed by atoms with van der Waals surface area (Å²) in [7, 11) is 0. The van der Waals surface area contributed by atoms with Crippen LogP contribution in [-0.2, 0) is 36.8 Å². The Kier molecular flexibility index (Phi) is 12.1. The Bertz CT molecular complexity index is 1400. The highest BCUT2D eigenvalue weighted by Crippen LogP contribution is 2.33. The number of hydrogen-bond donors (Lipinski definition) is 6. The summed E-state index contributed by atoms with van der Waals surface area (Å²) in [6.07, 6.45) is 2.85. The molecule has 2 aliphatic rings. The van der Waals surface area contributed by atoms with Gasteiger partial charge in [-0.3, -0.25) is 29.0 Å². The van der Waals surface area contributed by atoms with Crippen LogP contribution in [0.5, 0.6) is 0 Å². The average Bonchev–Trinajstić information content (AvgIpc) is 3.46. The normalized spacial score (nSPS) is 20.1. The third kappa shape index (κ3) is 9.78. The highest BCUT2D eigenvalue weighted by atomic mass is 16.4. The number of carboxylic acids is 1. The van der Waals surface area contributed by atoms with E-state index in [9.17, 15) is 29.1 Å². The molecule has 0 aliphatic carbocycles.